The van der Waals surface area contributed by atoms with Gasteiger partial charge in [0.2, 0.25) is 21.8 Å². The van der Waals surface area contributed by atoms with E-state index in [1.807, 2.05) is 0 Å². The number of hydrogen-bond donors (Lipinski definition) is 1. The summed E-state index contributed by atoms with van der Waals surface area (Å²) in [7, 11) is -2.40. The van der Waals surface area contributed by atoms with Crippen LogP contribution in [0.2, 0.25) is 5.02 Å². The molecule has 3 rings (SSSR count). The summed E-state index contributed by atoms with van der Waals surface area (Å²) in [6, 6.07) is 9.58. The Kier molecular flexibility index (Phi) is 5.21. The van der Waals surface area contributed by atoms with Crippen LogP contribution in [0.5, 0.6) is 5.75 Å². The number of ether oxygens (including phenoxy) is 1. The van der Waals surface area contributed by atoms with Crippen LogP contribution in [0.25, 0.3) is 11.5 Å². The minimum Gasteiger partial charge on any atom is -0.495 e. The Morgan fingerprint density at radius 2 is 1.92 bits per heavy atom. The number of nitrogens with one attached hydrogen (secondary N) is 1. The van der Waals surface area contributed by atoms with Crippen molar-refractivity contribution in [3.8, 4) is 17.2 Å². The third-order valence-electron chi connectivity index (χ3n) is 3.40. The molecule has 0 fully saturated rings. The third-order valence-corrected chi connectivity index (χ3v) is 5.10. The van der Waals surface area contributed by atoms with Crippen LogP contribution in [0.15, 0.2) is 51.8 Å². The van der Waals surface area contributed by atoms with Crippen molar-refractivity contribution in [1.82, 2.24) is 14.9 Å². The molecule has 0 saturated heterocycles. The van der Waals surface area contributed by atoms with Gasteiger partial charge < -0.3 is 9.15 Å². The lowest BCUT2D eigenvalue weighted by Crippen LogP contribution is -2.23. The number of methoxy groups -OCH3 is 1. The van der Waals surface area contributed by atoms with E-state index in [2.05, 4.69) is 14.9 Å². The van der Waals surface area contributed by atoms with Crippen molar-refractivity contribution >= 4 is 21.6 Å². The van der Waals surface area contributed by atoms with Gasteiger partial charge in [-0.1, -0.05) is 11.6 Å². The van der Waals surface area contributed by atoms with E-state index in [-0.39, 0.29) is 34.1 Å². The summed E-state index contributed by atoms with van der Waals surface area (Å²) in [6.07, 6.45) is 0. The van der Waals surface area contributed by atoms with Crippen molar-refractivity contribution in [2.45, 2.75) is 11.4 Å². The van der Waals surface area contributed by atoms with Gasteiger partial charge in [-0.15, -0.1) is 10.2 Å². The molecule has 0 amide bonds. The number of rotatable bonds is 6. The minimum atomic E-state index is -3.83. The average molecular weight is 398 g/mol. The minimum absolute atomic E-state index is 0.0263. The summed E-state index contributed by atoms with van der Waals surface area (Å²) in [5, 5.41) is 7.76. The summed E-state index contributed by atoms with van der Waals surface area (Å²) < 4.78 is 50.3. The van der Waals surface area contributed by atoms with E-state index in [9.17, 15) is 12.8 Å². The van der Waals surface area contributed by atoms with Crippen LogP contribution in [-0.2, 0) is 16.6 Å². The highest BCUT2D eigenvalue weighted by Gasteiger charge is 2.18. The fourth-order valence-electron chi connectivity index (χ4n) is 2.09. The molecule has 0 radical (unpaired) electrons. The number of hydrogen-bond acceptors (Lipinski definition) is 6. The molecule has 0 aliphatic carbocycles. The van der Waals surface area contributed by atoms with Gasteiger partial charge in [-0.25, -0.2) is 17.5 Å². The first-order chi connectivity index (χ1) is 12.4. The fraction of sp³-hybridized carbons (Fsp3) is 0.125. The molecular formula is C16H13ClFN3O4S. The van der Waals surface area contributed by atoms with Gasteiger partial charge in [-0.05, 0) is 42.5 Å². The summed E-state index contributed by atoms with van der Waals surface area (Å²) >= 11 is 5.95. The molecule has 1 N–H and O–H groups in total. The quantitative estimate of drug-likeness (QED) is 0.687. The highest BCUT2D eigenvalue weighted by molar-refractivity contribution is 7.89. The lowest BCUT2D eigenvalue weighted by atomic mass is 10.2. The predicted octanol–water partition coefficient (Wildman–Crippen LogP) is 3.02. The molecule has 3 aromatic rings. The van der Waals surface area contributed by atoms with E-state index in [0.717, 1.165) is 0 Å². The largest absolute Gasteiger partial charge is 0.495 e. The predicted molar refractivity (Wildman–Crippen MR) is 91.7 cm³/mol. The fourth-order valence-corrected chi connectivity index (χ4v) is 3.41. The molecule has 1 aromatic heterocycles. The molecular weight excluding hydrogens is 385 g/mol. The Morgan fingerprint density at radius 1 is 1.19 bits per heavy atom. The summed E-state index contributed by atoms with van der Waals surface area (Å²) in [4.78, 5) is -0.0263. The maximum atomic E-state index is 12.9. The van der Waals surface area contributed by atoms with Crippen LogP contribution < -0.4 is 9.46 Å². The highest BCUT2D eigenvalue weighted by Crippen LogP contribution is 2.27. The number of aromatic nitrogens is 2. The summed E-state index contributed by atoms with van der Waals surface area (Å²) in [5.74, 6) is 0.199. The summed E-state index contributed by atoms with van der Waals surface area (Å²) in [6.45, 7) is -0.208. The van der Waals surface area contributed by atoms with E-state index in [1.165, 1.54) is 49.6 Å². The van der Waals surface area contributed by atoms with Crippen LogP contribution in [0.1, 0.15) is 5.89 Å². The van der Waals surface area contributed by atoms with Gasteiger partial charge in [0, 0.05) is 5.56 Å². The molecule has 7 nitrogen and oxygen atoms in total. The first-order valence-corrected chi connectivity index (χ1v) is 9.17. The van der Waals surface area contributed by atoms with Gasteiger partial charge >= 0.3 is 0 Å². The second-order valence-corrected chi connectivity index (χ2v) is 7.30. The molecule has 0 aliphatic heterocycles. The molecule has 0 atom stereocenters. The van der Waals surface area contributed by atoms with Crippen molar-refractivity contribution < 1.29 is 22.0 Å². The lowest BCUT2D eigenvalue weighted by molar-refractivity contribution is 0.414. The number of halogens is 2. The van der Waals surface area contributed by atoms with Crippen LogP contribution in [0, 0.1) is 5.82 Å². The van der Waals surface area contributed by atoms with Crippen LogP contribution in [-0.4, -0.2) is 25.7 Å². The second-order valence-electron chi connectivity index (χ2n) is 5.13. The molecule has 2 aromatic carbocycles. The van der Waals surface area contributed by atoms with Crippen molar-refractivity contribution in [2.24, 2.45) is 0 Å². The Bertz CT molecular complexity index is 1020. The molecule has 1 heterocycles. The van der Waals surface area contributed by atoms with Gasteiger partial charge in [-0.3, -0.25) is 0 Å². The first kappa shape index (κ1) is 18.3. The van der Waals surface area contributed by atoms with Gasteiger partial charge in [-0.2, -0.15) is 0 Å². The van der Waals surface area contributed by atoms with Gasteiger partial charge in [0.05, 0.1) is 23.6 Å². The molecule has 0 aliphatic rings. The Hall–Kier alpha value is -2.49. The van der Waals surface area contributed by atoms with E-state index in [4.69, 9.17) is 20.8 Å². The molecule has 0 spiro atoms. The second kappa shape index (κ2) is 7.40. The van der Waals surface area contributed by atoms with Gasteiger partial charge in [0.25, 0.3) is 0 Å². The maximum absolute atomic E-state index is 12.9. The molecule has 10 heteroatoms. The standard InChI is InChI=1S/C16H13ClFN3O4S/c1-24-14-7-6-12(8-13(14)17)26(22,23)19-9-15-20-21-16(25-15)10-2-4-11(18)5-3-10/h2-8,19H,9H2,1H3. The van der Waals surface area contributed by atoms with Gasteiger partial charge in [0.15, 0.2) is 0 Å². The summed E-state index contributed by atoms with van der Waals surface area (Å²) in [5.41, 5.74) is 0.523. The SMILES string of the molecule is COc1ccc(S(=O)(=O)NCc2nnc(-c3ccc(F)cc3)o2)cc1Cl. The Balaban J connectivity index is 1.72. The zero-order valence-corrected chi connectivity index (χ0v) is 15.0. The van der Waals surface area contributed by atoms with Crippen LogP contribution >= 0.6 is 11.6 Å². The van der Waals surface area contributed by atoms with Crippen molar-refractivity contribution in [3.63, 3.8) is 0 Å². The maximum Gasteiger partial charge on any atom is 0.247 e. The number of nitrogens with zero attached hydrogens (tertiary/aromatic N) is 2. The lowest BCUT2D eigenvalue weighted by Gasteiger charge is -2.07. The normalized spacial score (nSPS) is 11.5. The highest BCUT2D eigenvalue weighted by atomic mass is 35.5. The third kappa shape index (κ3) is 4.01. The molecule has 0 saturated carbocycles. The monoisotopic (exact) mass is 397 g/mol. The van der Waals surface area contributed by atoms with Crippen LogP contribution in [0.4, 0.5) is 4.39 Å². The van der Waals surface area contributed by atoms with E-state index >= 15 is 0 Å². The van der Waals surface area contributed by atoms with Crippen LogP contribution in [0.3, 0.4) is 0 Å². The topological polar surface area (TPSA) is 94.3 Å². The van der Waals surface area contributed by atoms with E-state index in [1.54, 1.807) is 0 Å². The molecule has 136 valence electrons. The van der Waals surface area contributed by atoms with Gasteiger partial charge in [0.1, 0.15) is 11.6 Å². The zero-order valence-electron chi connectivity index (χ0n) is 13.4. The molecule has 26 heavy (non-hydrogen) atoms. The van der Waals surface area contributed by atoms with E-state index in [0.29, 0.717) is 11.3 Å². The Labute approximate surface area is 153 Å². The van der Waals surface area contributed by atoms with Crippen molar-refractivity contribution in [2.75, 3.05) is 7.11 Å². The molecule has 0 bridgehead atoms. The zero-order chi connectivity index (χ0) is 18.7. The Morgan fingerprint density at radius 3 is 2.58 bits per heavy atom. The van der Waals surface area contributed by atoms with E-state index < -0.39 is 10.0 Å². The first-order valence-electron chi connectivity index (χ1n) is 7.30. The number of sulfonamides is 1. The average Bonchev–Trinajstić information content (AvgIpc) is 3.10. The van der Waals surface area contributed by atoms with Crippen molar-refractivity contribution in [1.29, 1.82) is 0 Å². The van der Waals surface area contributed by atoms with Crippen molar-refractivity contribution in [3.05, 3.63) is 59.2 Å². The smallest absolute Gasteiger partial charge is 0.247 e. The molecule has 0 unspecified atom stereocenters. The number of benzene rings is 2.